The summed E-state index contributed by atoms with van der Waals surface area (Å²) in [7, 11) is 0. The van der Waals surface area contributed by atoms with Crippen LogP contribution in [0.2, 0.25) is 10.0 Å². The molecule has 1 aromatic carbocycles. The van der Waals surface area contributed by atoms with E-state index < -0.39 is 0 Å². The third kappa shape index (κ3) is 3.57. The minimum Gasteiger partial charge on any atom is -0.393 e. The summed E-state index contributed by atoms with van der Waals surface area (Å²) >= 11 is 12.4. The maximum atomic E-state index is 9.92. The second-order valence-corrected chi connectivity index (χ2v) is 7.22. The number of hydrogen-bond acceptors (Lipinski definition) is 1. The number of aliphatic hydroxyl groups excluding tert-OH is 1. The van der Waals surface area contributed by atoms with Crippen molar-refractivity contribution in [1.29, 1.82) is 0 Å². The molecule has 0 bridgehead atoms. The van der Waals surface area contributed by atoms with Crippen molar-refractivity contribution in [3.8, 4) is 0 Å². The fourth-order valence-electron chi connectivity index (χ4n) is 4.08. The van der Waals surface area contributed by atoms with Gasteiger partial charge in [0.1, 0.15) is 0 Å². The number of benzene rings is 1. The third-order valence-electron chi connectivity index (χ3n) is 5.25. The standard InChI is InChI=1S/C18H26Cl2O/c1-3-5-13(4-2)18(10-8-15(21)9-11-18)14-6-7-16(19)17(20)12-14/h6-7,12-13,15,21H,3-5,8-11H2,1-2H3/t13-,15?,18?/m1/s1. The first kappa shape index (κ1) is 17.1. The molecule has 3 heteroatoms. The van der Waals surface area contributed by atoms with Crippen molar-refractivity contribution in [2.75, 3.05) is 0 Å². The summed E-state index contributed by atoms with van der Waals surface area (Å²) in [5.41, 5.74) is 1.46. The molecule has 1 nitrogen and oxygen atoms in total. The van der Waals surface area contributed by atoms with E-state index in [1.807, 2.05) is 6.07 Å². The molecule has 118 valence electrons. The molecule has 0 heterocycles. The molecule has 0 unspecified atom stereocenters. The molecule has 1 saturated carbocycles. The highest BCUT2D eigenvalue weighted by Gasteiger charge is 2.41. The van der Waals surface area contributed by atoms with Gasteiger partial charge in [0, 0.05) is 0 Å². The first-order chi connectivity index (χ1) is 10.0. The van der Waals surface area contributed by atoms with E-state index >= 15 is 0 Å². The van der Waals surface area contributed by atoms with Crippen molar-refractivity contribution < 1.29 is 5.11 Å². The molecule has 0 amide bonds. The van der Waals surface area contributed by atoms with Gasteiger partial charge in [0.25, 0.3) is 0 Å². The Balaban J connectivity index is 2.41. The summed E-state index contributed by atoms with van der Waals surface area (Å²) in [4.78, 5) is 0. The number of halogens is 2. The summed E-state index contributed by atoms with van der Waals surface area (Å²) in [6.07, 6.45) is 7.33. The third-order valence-corrected chi connectivity index (χ3v) is 5.99. The SMILES string of the molecule is CCC[C@@H](CC)C1(c2ccc(Cl)c(Cl)c2)CCC(O)CC1. The highest BCUT2D eigenvalue weighted by molar-refractivity contribution is 6.42. The zero-order valence-corrected chi connectivity index (χ0v) is 14.6. The van der Waals surface area contributed by atoms with Crippen molar-refractivity contribution in [2.45, 2.75) is 70.3 Å². The maximum Gasteiger partial charge on any atom is 0.0595 e. The predicted octanol–water partition coefficient (Wildman–Crippen LogP) is 5.99. The van der Waals surface area contributed by atoms with Crippen LogP contribution in [0.3, 0.4) is 0 Å². The average molecular weight is 329 g/mol. The molecule has 0 spiro atoms. The Kier molecular flexibility index (Phi) is 5.99. The molecule has 1 fully saturated rings. The van der Waals surface area contributed by atoms with Crippen LogP contribution in [0, 0.1) is 5.92 Å². The van der Waals surface area contributed by atoms with Crippen LogP contribution in [0.25, 0.3) is 0 Å². The normalized spacial score (nSPS) is 27.6. The minimum absolute atomic E-state index is 0.139. The molecule has 1 atom stereocenters. The molecule has 0 radical (unpaired) electrons. The van der Waals surface area contributed by atoms with Crippen molar-refractivity contribution in [2.24, 2.45) is 5.92 Å². The predicted molar refractivity (Wildman–Crippen MR) is 91.3 cm³/mol. The number of aliphatic hydroxyl groups is 1. The smallest absolute Gasteiger partial charge is 0.0595 e. The van der Waals surface area contributed by atoms with Crippen LogP contribution in [0.5, 0.6) is 0 Å². The number of hydrogen-bond donors (Lipinski definition) is 1. The topological polar surface area (TPSA) is 20.2 Å². The quantitative estimate of drug-likeness (QED) is 0.703. The van der Waals surface area contributed by atoms with E-state index in [0.29, 0.717) is 16.0 Å². The minimum atomic E-state index is -0.139. The van der Waals surface area contributed by atoms with Crippen molar-refractivity contribution in [3.05, 3.63) is 33.8 Å². The Bertz CT molecular complexity index is 464. The molecular weight excluding hydrogens is 303 g/mol. The Morgan fingerprint density at radius 3 is 2.38 bits per heavy atom. The highest BCUT2D eigenvalue weighted by Crippen LogP contribution is 2.49. The van der Waals surface area contributed by atoms with Crippen LogP contribution in [-0.4, -0.2) is 11.2 Å². The second kappa shape index (κ2) is 7.35. The van der Waals surface area contributed by atoms with E-state index in [4.69, 9.17) is 23.2 Å². The van der Waals surface area contributed by atoms with Gasteiger partial charge in [-0.25, -0.2) is 0 Å². The van der Waals surface area contributed by atoms with Crippen LogP contribution >= 0.6 is 23.2 Å². The zero-order chi connectivity index (χ0) is 15.5. The Morgan fingerprint density at radius 1 is 1.19 bits per heavy atom. The highest BCUT2D eigenvalue weighted by atomic mass is 35.5. The Hall–Kier alpha value is -0.240. The van der Waals surface area contributed by atoms with Gasteiger partial charge in [0.2, 0.25) is 0 Å². The van der Waals surface area contributed by atoms with Crippen LogP contribution < -0.4 is 0 Å². The first-order valence-electron chi connectivity index (χ1n) is 8.17. The Morgan fingerprint density at radius 2 is 1.86 bits per heavy atom. The van der Waals surface area contributed by atoms with Crippen LogP contribution in [0.1, 0.15) is 64.4 Å². The molecule has 2 rings (SSSR count). The monoisotopic (exact) mass is 328 g/mol. The van der Waals surface area contributed by atoms with Crippen LogP contribution in [-0.2, 0) is 5.41 Å². The zero-order valence-electron chi connectivity index (χ0n) is 13.0. The second-order valence-electron chi connectivity index (χ2n) is 6.41. The van der Waals surface area contributed by atoms with Gasteiger partial charge in [-0.1, -0.05) is 56.0 Å². The van der Waals surface area contributed by atoms with E-state index in [-0.39, 0.29) is 11.5 Å². The fraction of sp³-hybridized carbons (Fsp3) is 0.667. The first-order valence-corrected chi connectivity index (χ1v) is 8.92. The largest absolute Gasteiger partial charge is 0.393 e. The molecular formula is C18H26Cl2O. The molecule has 1 N–H and O–H groups in total. The van der Waals surface area contributed by atoms with Gasteiger partial charge in [-0.15, -0.1) is 0 Å². The van der Waals surface area contributed by atoms with Gasteiger partial charge < -0.3 is 5.11 Å². The van der Waals surface area contributed by atoms with Gasteiger partial charge in [-0.3, -0.25) is 0 Å². The lowest BCUT2D eigenvalue weighted by Crippen LogP contribution is -2.40. The molecule has 21 heavy (non-hydrogen) atoms. The summed E-state index contributed by atoms with van der Waals surface area (Å²) < 4.78 is 0. The summed E-state index contributed by atoms with van der Waals surface area (Å²) in [6.45, 7) is 4.54. The van der Waals surface area contributed by atoms with E-state index in [1.165, 1.54) is 24.8 Å². The molecule has 0 aliphatic heterocycles. The number of rotatable bonds is 5. The molecule has 1 aliphatic carbocycles. The molecule has 0 aromatic heterocycles. The lowest BCUT2D eigenvalue weighted by atomic mass is 9.60. The molecule has 0 saturated heterocycles. The molecule has 1 aromatic rings. The maximum absolute atomic E-state index is 9.92. The van der Waals surface area contributed by atoms with Crippen LogP contribution in [0.15, 0.2) is 18.2 Å². The lowest BCUT2D eigenvalue weighted by Gasteiger charge is -2.45. The fourth-order valence-corrected chi connectivity index (χ4v) is 4.37. The summed E-state index contributed by atoms with van der Waals surface area (Å²) in [5.74, 6) is 0.646. The van der Waals surface area contributed by atoms with Gasteiger partial charge in [0.15, 0.2) is 0 Å². The lowest BCUT2D eigenvalue weighted by molar-refractivity contribution is 0.0668. The van der Waals surface area contributed by atoms with E-state index in [1.54, 1.807) is 0 Å². The average Bonchev–Trinajstić information content (AvgIpc) is 2.49. The van der Waals surface area contributed by atoms with E-state index in [9.17, 15) is 5.11 Å². The van der Waals surface area contributed by atoms with Gasteiger partial charge in [-0.05, 0) is 61.1 Å². The van der Waals surface area contributed by atoms with Crippen molar-refractivity contribution in [3.63, 3.8) is 0 Å². The summed E-state index contributed by atoms with van der Waals surface area (Å²) in [6, 6.07) is 6.12. The summed E-state index contributed by atoms with van der Waals surface area (Å²) in [5, 5.41) is 11.2. The molecule has 1 aliphatic rings. The Labute approximate surface area is 138 Å². The van der Waals surface area contributed by atoms with Crippen molar-refractivity contribution in [1.82, 2.24) is 0 Å². The van der Waals surface area contributed by atoms with Gasteiger partial charge >= 0.3 is 0 Å². The van der Waals surface area contributed by atoms with E-state index in [2.05, 4.69) is 26.0 Å². The van der Waals surface area contributed by atoms with Crippen LogP contribution in [0.4, 0.5) is 0 Å². The van der Waals surface area contributed by atoms with E-state index in [0.717, 1.165) is 25.7 Å². The van der Waals surface area contributed by atoms with Gasteiger partial charge in [0.05, 0.1) is 16.1 Å². The van der Waals surface area contributed by atoms with Crippen molar-refractivity contribution >= 4 is 23.2 Å². The van der Waals surface area contributed by atoms with Gasteiger partial charge in [-0.2, -0.15) is 0 Å².